The number of hydrogen-bond acceptors (Lipinski definition) is 1. The number of benzene rings is 1. The molecule has 2 nitrogen and oxygen atoms in total. The second kappa shape index (κ2) is 8.73. The molecule has 0 saturated carbocycles. The Balaban J connectivity index is 2.26. The van der Waals surface area contributed by atoms with Gasteiger partial charge in [-0.1, -0.05) is 62.4 Å². The first-order valence-electron chi connectivity index (χ1n) is 7.49. The Morgan fingerprint density at radius 1 is 1.11 bits per heavy atom. The van der Waals surface area contributed by atoms with Crippen LogP contribution >= 0.6 is 0 Å². The van der Waals surface area contributed by atoms with Crippen LogP contribution in [0.5, 0.6) is 0 Å². The zero-order valence-electron chi connectivity index (χ0n) is 12.5. The average molecular weight is 261 g/mol. The fraction of sp³-hybridized carbons (Fsp3) is 0.588. The van der Waals surface area contributed by atoms with E-state index in [0.717, 1.165) is 6.42 Å². The largest absolute Gasteiger partial charge is 0.350 e. The van der Waals surface area contributed by atoms with Crippen molar-refractivity contribution >= 4 is 5.91 Å². The van der Waals surface area contributed by atoms with Crippen LogP contribution in [0, 0.1) is 6.92 Å². The molecule has 1 unspecified atom stereocenters. The quantitative estimate of drug-likeness (QED) is 0.684. The molecule has 1 aromatic carbocycles. The molecule has 0 aromatic heterocycles. The van der Waals surface area contributed by atoms with Crippen LogP contribution in [0.4, 0.5) is 0 Å². The van der Waals surface area contributed by atoms with Crippen molar-refractivity contribution in [2.24, 2.45) is 0 Å². The van der Waals surface area contributed by atoms with Gasteiger partial charge in [-0.2, -0.15) is 0 Å². The summed E-state index contributed by atoms with van der Waals surface area (Å²) in [6.07, 6.45) is 6.60. The summed E-state index contributed by atoms with van der Waals surface area (Å²) in [6, 6.07) is 8.44. The lowest BCUT2D eigenvalue weighted by atomic mass is 10.1. The number of carbonyl (C=O) groups is 1. The van der Waals surface area contributed by atoms with Crippen LogP contribution in [0.1, 0.15) is 69.5 Å². The molecule has 1 rings (SSSR count). The van der Waals surface area contributed by atoms with Crippen LogP contribution in [-0.4, -0.2) is 5.91 Å². The summed E-state index contributed by atoms with van der Waals surface area (Å²) in [7, 11) is 0. The Labute approximate surface area is 117 Å². The maximum absolute atomic E-state index is 11.8. The topological polar surface area (TPSA) is 29.1 Å². The van der Waals surface area contributed by atoms with Crippen molar-refractivity contribution in [3.63, 3.8) is 0 Å². The molecule has 1 amide bonds. The van der Waals surface area contributed by atoms with Gasteiger partial charge in [-0.05, 0) is 25.8 Å². The summed E-state index contributed by atoms with van der Waals surface area (Å²) in [5, 5.41) is 3.07. The minimum Gasteiger partial charge on any atom is -0.350 e. The fourth-order valence-electron chi connectivity index (χ4n) is 2.14. The van der Waals surface area contributed by atoms with Gasteiger partial charge in [0, 0.05) is 6.42 Å². The Hall–Kier alpha value is -1.31. The monoisotopic (exact) mass is 261 g/mol. The molecule has 0 heterocycles. The number of amides is 1. The summed E-state index contributed by atoms with van der Waals surface area (Å²) in [4.78, 5) is 11.8. The van der Waals surface area contributed by atoms with Gasteiger partial charge in [-0.25, -0.2) is 0 Å². The Morgan fingerprint density at radius 3 is 2.37 bits per heavy atom. The van der Waals surface area contributed by atoms with E-state index in [2.05, 4.69) is 43.4 Å². The molecule has 0 fully saturated rings. The van der Waals surface area contributed by atoms with Crippen molar-refractivity contribution in [2.75, 3.05) is 0 Å². The Morgan fingerprint density at radius 2 is 1.74 bits per heavy atom. The number of carbonyl (C=O) groups excluding carboxylic acids is 1. The summed E-state index contributed by atoms with van der Waals surface area (Å²) in [5.41, 5.74) is 2.42. The highest BCUT2D eigenvalue weighted by Crippen LogP contribution is 2.13. The maximum Gasteiger partial charge on any atom is 0.220 e. The Bertz CT molecular complexity index is 369. The highest BCUT2D eigenvalue weighted by atomic mass is 16.1. The van der Waals surface area contributed by atoms with Crippen LogP contribution in [0.25, 0.3) is 0 Å². The van der Waals surface area contributed by atoms with Gasteiger partial charge in [0.25, 0.3) is 0 Å². The van der Waals surface area contributed by atoms with Gasteiger partial charge in [-0.3, -0.25) is 4.79 Å². The fourth-order valence-corrected chi connectivity index (χ4v) is 2.14. The first kappa shape index (κ1) is 15.7. The van der Waals surface area contributed by atoms with E-state index in [1.807, 2.05) is 6.92 Å². The molecule has 19 heavy (non-hydrogen) atoms. The number of rotatable bonds is 8. The first-order chi connectivity index (χ1) is 9.13. The lowest BCUT2D eigenvalue weighted by Crippen LogP contribution is -2.26. The SMILES string of the molecule is CCCCCCCC(=O)NC(C)c1ccc(C)cc1. The molecule has 0 saturated heterocycles. The predicted octanol–water partition coefficient (Wildman–Crippen LogP) is 4.53. The zero-order chi connectivity index (χ0) is 14.1. The number of unbranched alkanes of at least 4 members (excludes halogenated alkanes) is 4. The summed E-state index contributed by atoms with van der Waals surface area (Å²) in [6.45, 7) is 6.32. The second-order valence-electron chi connectivity index (χ2n) is 5.36. The van der Waals surface area contributed by atoms with E-state index in [4.69, 9.17) is 0 Å². The second-order valence-corrected chi connectivity index (χ2v) is 5.36. The highest BCUT2D eigenvalue weighted by molar-refractivity contribution is 5.76. The maximum atomic E-state index is 11.8. The first-order valence-corrected chi connectivity index (χ1v) is 7.49. The number of aryl methyl sites for hydroxylation is 1. The van der Waals surface area contributed by atoms with E-state index in [1.165, 1.54) is 36.8 Å². The van der Waals surface area contributed by atoms with Crippen LogP contribution in [0.3, 0.4) is 0 Å². The van der Waals surface area contributed by atoms with Crippen LogP contribution in [0.15, 0.2) is 24.3 Å². The van der Waals surface area contributed by atoms with E-state index in [1.54, 1.807) is 0 Å². The molecule has 1 N–H and O–H groups in total. The molecule has 0 radical (unpaired) electrons. The van der Waals surface area contributed by atoms with Crippen LogP contribution in [-0.2, 0) is 4.79 Å². The predicted molar refractivity (Wildman–Crippen MR) is 81.1 cm³/mol. The molecule has 0 aliphatic rings. The van der Waals surface area contributed by atoms with Gasteiger partial charge in [0.15, 0.2) is 0 Å². The van der Waals surface area contributed by atoms with Crippen molar-refractivity contribution in [3.05, 3.63) is 35.4 Å². The van der Waals surface area contributed by atoms with Gasteiger partial charge in [-0.15, -0.1) is 0 Å². The minimum atomic E-state index is 0.101. The van der Waals surface area contributed by atoms with Gasteiger partial charge >= 0.3 is 0 Å². The molecule has 0 spiro atoms. The molecule has 1 aromatic rings. The van der Waals surface area contributed by atoms with Crippen molar-refractivity contribution in [3.8, 4) is 0 Å². The smallest absolute Gasteiger partial charge is 0.220 e. The lowest BCUT2D eigenvalue weighted by Gasteiger charge is -2.14. The molecule has 2 heteroatoms. The molecular weight excluding hydrogens is 234 g/mol. The van der Waals surface area contributed by atoms with Crippen molar-refractivity contribution < 1.29 is 4.79 Å². The minimum absolute atomic E-state index is 0.101. The van der Waals surface area contributed by atoms with Gasteiger partial charge < -0.3 is 5.32 Å². The lowest BCUT2D eigenvalue weighted by molar-refractivity contribution is -0.121. The zero-order valence-corrected chi connectivity index (χ0v) is 12.5. The van der Waals surface area contributed by atoms with Gasteiger partial charge in [0.2, 0.25) is 5.91 Å². The number of hydrogen-bond donors (Lipinski definition) is 1. The van der Waals surface area contributed by atoms with Crippen molar-refractivity contribution in [1.29, 1.82) is 0 Å². The average Bonchev–Trinajstić information content (AvgIpc) is 2.39. The van der Waals surface area contributed by atoms with E-state index < -0.39 is 0 Å². The van der Waals surface area contributed by atoms with Crippen LogP contribution < -0.4 is 5.32 Å². The summed E-state index contributed by atoms with van der Waals surface area (Å²) in [5.74, 6) is 0.171. The van der Waals surface area contributed by atoms with Crippen molar-refractivity contribution in [1.82, 2.24) is 5.32 Å². The Kier molecular flexibility index (Phi) is 7.24. The standard InChI is InChI=1S/C17H27NO/c1-4-5-6-7-8-9-17(19)18-15(3)16-12-10-14(2)11-13-16/h10-13,15H,4-9H2,1-3H3,(H,18,19). The normalized spacial score (nSPS) is 12.2. The molecule has 0 aliphatic carbocycles. The van der Waals surface area contributed by atoms with Crippen LogP contribution in [0.2, 0.25) is 0 Å². The third-order valence-corrected chi connectivity index (χ3v) is 3.46. The summed E-state index contributed by atoms with van der Waals surface area (Å²) < 4.78 is 0. The van der Waals surface area contributed by atoms with Gasteiger partial charge in [0.05, 0.1) is 6.04 Å². The van der Waals surface area contributed by atoms with E-state index in [0.29, 0.717) is 6.42 Å². The highest BCUT2D eigenvalue weighted by Gasteiger charge is 2.08. The molecule has 0 bridgehead atoms. The number of nitrogens with one attached hydrogen (secondary N) is 1. The molecular formula is C17H27NO. The molecule has 1 atom stereocenters. The van der Waals surface area contributed by atoms with Crippen molar-refractivity contribution in [2.45, 2.75) is 65.3 Å². The van der Waals surface area contributed by atoms with E-state index >= 15 is 0 Å². The van der Waals surface area contributed by atoms with Gasteiger partial charge in [0.1, 0.15) is 0 Å². The van der Waals surface area contributed by atoms with E-state index in [9.17, 15) is 4.79 Å². The summed E-state index contributed by atoms with van der Waals surface area (Å²) >= 11 is 0. The molecule has 0 aliphatic heterocycles. The van der Waals surface area contributed by atoms with E-state index in [-0.39, 0.29) is 11.9 Å². The third-order valence-electron chi connectivity index (χ3n) is 3.46. The molecule has 106 valence electrons. The third kappa shape index (κ3) is 6.42.